The molecule has 2 bridgehead atoms. The molecule has 7 heteroatoms. The molecular weight excluding hydrogens is 458 g/mol. The van der Waals surface area contributed by atoms with Crippen LogP contribution in [0.2, 0.25) is 0 Å². The maximum atomic E-state index is 5.95. The minimum absolute atomic E-state index is 0.103. The molecule has 0 fully saturated rings. The van der Waals surface area contributed by atoms with Gasteiger partial charge in [-0.2, -0.15) is 0 Å². The molecule has 2 aliphatic rings. The first-order valence-corrected chi connectivity index (χ1v) is 13.1. The molecule has 0 unspecified atom stereocenters. The van der Waals surface area contributed by atoms with Crippen LogP contribution in [0.5, 0.6) is 0 Å². The molecule has 198 valence electrons. The van der Waals surface area contributed by atoms with Crippen LogP contribution >= 0.6 is 0 Å². The van der Waals surface area contributed by atoms with Crippen molar-refractivity contribution in [1.82, 2.24) is 4.90 Å². The highest BCUT2D eigenvalue weighted by Crippen LogP contribution is 2.55. The second-order valence-corrected chi connectivity index (χ2v) is 9.28. The molecule has 0 saturated carbocycles. The van der Waals surface area contributed by atoms with E-state index >= 15 is 0 Å². The molecule has 0 spiro atoms. The Labute approximate surface area is 215 Å². The van der Waals surface area contributed by atoms with Crippen LogP contribution < -0.4 is 0 Å². The van der Waals surface area contributed by atoms with Crippen LogP contribution in [-0.4, -0.2) is 91.2 Å². The maximum absolute atomic E-state index is 5.95. The molecule has 2 aromatic rings. The molecule has 0 aliphatic carbocycles. The maximum Gasteiger partial charge on any atom is 0.0701 e. The second-order valence-electron chi connectivity index (χ2n) is 9.28. The van der Waals surface area contributed by atoms with E-state index in [1.54, 1.807) is 7.11 Å². The summed E-state index contributed by atoms with van der Waals surface area (Å²) in [6, 6.07) is 18.2. The van der Waals surface area contributed by atoms with Crippen molar-refractivity contribution in [2.45, 2.75) is 24.9 Å². The lowest BCUT2D eigenvalue weighted by Crippen LogP contribution is -2.47. The molecule has 2 aliphatic heterocycles. The summed E-state index contributed by atoms with van der Waals surface area (Å²) >= 11 is 0. The fraction of sp³-hybridized carbons (Fsp3) is 0.586. The zero-order valence-corrected chi connectivity index (χ0v) is 21.8. The van der Waals surface area contributed by atoms with Gasteiger partial charge in [0, 0.05) is 19.7 Å². The van der Waals surface area contributed by atoms with Gasteiger partial charge in [-0.3, -0.25) is 4.90 Å². The molecular formula is C29H41NO6. The van der Waals surface area contributed by atoms with Crippen molar-refractivity contribution in [1.29, 1.82) is 0 Å². The van der Waals surface area contributed by atoms with Gasteiger partial charge < -0.3 is 28.4 Å². The zero-order valence-electron chi connectivity index (χ0n) is 21.8. The molecule has 2 aromatic carbocycles. The largest absolute Gasteiger partial charge is 0.382 e. The van der Waals surface area contributed by atoms with Gasteiger partial charge in [0.2, 0.25) is 0 Å². The highest BCUT2D eigenvalue weighted by molar-refractivity contribution is 5.54. The summed E-state index contributed by atoms with van der Waals surface area (Å²) < 4.78 is 32.8. The van der Waals surface area contributed by atoms with Crippen LogP contribution in [0.15, 0.2) is 48.5 Å². The minimum atomic E-state index is -0.103. The lowest BCUT2D eigenvalue weighted by Gasteiger charge is -2.44. The minimum Gasteiger partial charge on any atom is -0.382 e. The van der Waals surface area contributed by atoms with Crippen molar-refractivity contribution >= 4 is 0 Å². The fourth-order valence-corrected chi connectivity index (χ4v) is 5.43. The standard InChI is InChI=1S/C29H41NO6/c1-29-26-9-5-3-7-24(26)23-28(25-8-4-6-10-27(25)29)30(29)11-12-32-15-16-34-19-20-36-22-21-35-18-17-33-14-13-31-2/h3-10,28H,11-23H2,1-2H3/t28-,29+/m1/s1. The summed E-state index contributed by atoms with van der Waals surface area (Å²) in [7, 11) is 1.66. The SMILES string of the molecule is COCCOCCOCCOCCOCCOCCN1[C@@H]2Cc3ccccc3[C@@]1(C)c1ccccc12. The van der Waals surface area contributed by atoms with Crippen LogP contribution in [0.4, 0.5) is 0 Å². The number of rotatable bonds is 18. The monoisotopic (exact) mass is 499 g/mol. The summed E-state index contributed by atoms with van der Waals surface area (Å²) in [4.78, 5) is 2.63. The summed E-state index contributed by atoms with van der Waals surface area (Å²) in [6.07, 6.45) is 1.05. The Kier molecular flexibility index (Phi) is 10.7. The first kappa shape index (κ1) is 27.2. The van der Waals surface area contributed by atoms with E-state index in [4.69, 9.17) is 28.4 Å². The molecule has 0 saturated heterocycles. The van der Waals surface area contributed by atoms with Crippen LogP contribution in [0.1, 0.15) is 35.2 Å². The Morgan fingerprint density at radius 3 is 1.78 bits per heavy atom. The molecule has 0 aromatic heterocycles. The van der Waals surface area contributed by atoms with Gasteiger partial charge in [0.05, 0.1) is 78.2 Å². The highest BCUT2D eigenvalue weighted by atomic mass is 16.6. The van der Waals surface area contributed by atoms with Gasteiger partial charge in [-0.25, -0.2) is 0 Å². The average molecular weight is 500 g/mol. The van der Waals surface area contributed by atoms with Crippen molar-refractivity contribution in [3.8, 4) is 0 Å². The Morgan fingerprint density at radius 1 is 0.667 bits per heavy atom. The number of fused-ring (bicyclic) bond motifs is 7. The van der Waals surface area contributed by atoms with Gasteiger partial charge in [0.1, 0.15) is 0 Å². The van der Waals surface area contributed by atoms with Crippen molar-refractivity contribution in [2.75, 3.05) is 86.3 Å². The Balaban J connectivity index is 1.07. The molecule has 36 heavy (non-hydrogen) atoms. The second kappa shape index (κ2) is 14.2. The number of ether oxygens (including phenoxy) is 6. The average Bonchev–Trinajstić information content (AvgIpc) is 3.07. The number of hydrogen-bond acceptors (Lipinski definition) is 7. The Hall–Kier alpha value is -1.84. The molecule has 7 nitrogen and oxygen atoms in total. The van der Waals surface area contributed by atoms with E-state index in [0.29, 0.717) is 78.7 Å². The third-order valence-electron chi connectivity index (χ3n) is 7.15. The third kappa shape index (κ3) is 6.53. The lowest BCUT2D eigenvalue weighted by atomic mass is 9.80. The van der Waals surface area contributed by atoms with Crippen molar-refractivity contribution in [3.63, 3.8) is 0 Å². The molecule has 0 amide bonds. The molecule has 2 atom stereocenters. The summed E-state index contributed by atoms with van der Waals surface area (Å²) in [5.41, 5.74) is 5.68. The smallest absolute Gasteiger partial charge is 0.0701 e. The van der Waals surface area contributed by atoms with Crippen LogP contribution in [0.25, 0.3) is 0 Å². The van der Waals surface area contributed by atoms with Crippen molar-refractivity contribution < 1.29 is 28.4 Å². The number of methoxy groups -OCH3 is 1. The van der Waals surface area contributed by atoms with Crippen LogP contribution in [-0.2, 0) is 40.4 Å². The van der Waals surface area contributed by atoms with E-state index in [9.17, 15) is 0 Å². The van der Waals surface area contributed by atoms with E-state index in [1.165, 1.54) is 22.3 Å². The summed E-state index contributed by atoms with van der Waals surface area (Å²) in [5, 5.41) is 0. The number of hydrogen-bond donors (Lipinski definition) is 0. The number of benzene rings is 2. The van der Waals surface area contributed by atoms with Gasteiger partial charge in [0.15, 0.2) is 0 Å². The van der Waals surface area contributed by atoms with E-state index in [-0.39, 0.29) is 5.54 Å². The molecule has 0 N–H and O–H groups in total. The quantitative estimate of drug-likeness (QED) is 0.291. The zero-order chi connectivity index (χ0) is 25.1. The Morgan fingerprint density at radius 2 is 1.17 bits per heavy atom. The normalized spacial score (nSPS) is 20.4. The van der Waals surface area contributed by atoms with E-state index in [2.05, 4.69) is 60.4 Å². The molecule has 2 heterocycles. The van der Waals surface area contributed by atoms with Gasteiger partial charge in [0.25, 0.3) is 0 Å². The first-order chi connectivity index (χ1) is 17.8. The Bertz CT molecular complexity index is 911. The predicted molar refractivity (Wildman–Crippen MR) is 138 cm³/mol. The summed E-state index contributed by atoms with van der Waals surface area (Å²) in [5.74, 6) is 0. The van der Waals surface area contributed by atoms with E-state index in [1.807, 2.05) is 0 Å². The van der Waals surface area contributed by atoms with E-state index < -0.39 is 0 Å². The van der Waals surface area contributed by atoms with Gasteiger partial charge >= 0.3 is 0 Å². The fourth-order valence-electron chi connectivity index (χ4n) is 5.43. The van der Waals surface area contributed by atoms with E-state index in [0.717, 1.165) is 13.0 Å². The van der Waals surface area contributed by atoms with Crippen LogP contribution in [0.3, 0.4) is 0 Å². The third-order valence-corrected chi connectivity index (χ3v) is 7.15. The summed E-state index contributed by atoms with van der Waals surface area (Å²) in [6.45, 7) is 9.68. The number of nitrogens with zero attached hydrogens (tertiary/aromatic N) is 1. The highest BCUT2D eigenvalue weighted by Gasteiger charge is 2.51. The van der Waals surface area contributed by atoms with Crippen molar-refractivity contribution in [3.05, 3.63) is 70.8 Å². The lowest BCUT2D eigenvalue weighted by molar-refractivity contribution is -0.0183. The van der Waals surface area contributed by atoms with Crippen molar-refractivity contribution in [2.24, 2.45) is 0 Å². The van der Waals surface area contributed by atoms with Crippen LogP contribution in [0, 0.1) is 0 Å². The molecule has 4 rings (SSSR count). The van der Waals surface area contributed by atoms with Gasteiger partial charge in [-0.15, -0.1) is 0 Å². The predicted octanol–water partition coefficient (Wildman–Crippen LogP) is 3.59. The van der Waals surface area contributed by atoms with Gasteiger partial charge in [-0.1, -0.05) is 48.5 Å². The first-order valence-electron chi connectivity index (χ1n) is 13.1. The van der Waals surface area contributed by atoms with Gasteiger partial charge in [-0.05, 0) is 35.6 Å². The molecule has 0 radical (unpaired) electrons. The topological polar surface area (TPSA) is 58.6 Å².